The molecule has 1 aromatic heterocycles. The van der Waals surface area contributed by atoms with Gasteiger partial charge in [0.2, 0.25) is 0 Å². The van der Waals surface area contributed by atoms with Crippen molar-refractivity contribution in [1.29, 1.82) is 0 Å². The van der Waals surface area contributed by atoms with Crippen molar-refractivity contribution in [3.63, 3.8) is 0 Å². The van der Waals surface area contributed by atoms with E-state index in [-0.39, 0.29) is 0 Å². The average molecular weight is 209 g/mol. The quantitative estimate of drug-likeness (QED) is 0.459. The standard InChI is InChI=1S/C10H11ClN3/c11-10-4-3-9(7-13-10)8-14(12)5-1-2-6-14/h1-7H,8,12H2/q+1. The first-order valence-corrected chi connectivity index (χ1v) is 4.69. The van der Waals surface area contributed by atoms with Crippen LogP contribution < -0.4 is 5.84 Å². The number of quaternary nitrogens is 1. The van der Waals surface area contributed by atoms with E-state index >= 15 is 0 Å². The first-order valence-electron chi connectivity index (χ1n) is 4.31. The minimum Gasteiger partial charge on any atom is -0.244 e. The second-order valence-electron chi connectivity index (χ2n) is 3.33. The molecule has 0 radical (unpaired) electrons. The Kier molecular flexibility index (Phi) is 2.37. The van der Waals surface area contributed by atoms with Gasteiger partial charge in [0.05, 0.1) is 0 Å². The molecule has 1 aliphatic rings. The van der Waals surface area contributed by atoms with Gasteiger partial charge in [0.15, 0.2) is 0 Å². The molecular formula is C10H11ClN3+. The van der Waals surface area contributed by atoms with Crippen molar-refractivity contribution in [1.82, 2.24) is 4.98 Å². The van der Waals surface area contributed by atoms with Crippen LogP contribution in [-0.2, 0) is 6.54 Å². The number of nitrogens with zero attached hydrogens (tertiary/aromatic N) is 2. The van der Waals surface area contributed by atoms with E-state index in [0.29, 0.717) is 16.3 Å². The number of allylic oxidation sites excluding steroid dienone is 2. The Morgan fingerprint density at radius 3 is 2.57 bits per heavy atom. The van der Waals surface area contributed by atoms with Crippen LogP contribution in [0, 0.1) is 0 Å². The molecule has 0 saturated carbocycles. The maximum atomic E-state index is 6.03. The van der Waals surface area contributed by atoms with Gasteiger partial charge in [-0.25, -0.2) is 4.98 Å². The minimum absolute atomic E-state index is 0.295. The molecule has 0 amide bonds. The maximum absolute atomic E-state index is 6.03. The first kappa shape index (κ1) is 9.40. The molecule has 4 heteroatoms. The van der Waals surface area contributed by atoms with Crippen molar-refractivity contribution in [2.75, 3.05) is 0 Å². The Morgan fingerprint density at radius 2 is 2.00 bits per heavy atom. The molecule has 2 heterocycles. The van der Waals surface area contributed by atoms with Crippen LogP contribution in [0.5, 0.6) is 0 Å². The fourth-order valence-electron chi connectivity index (χ4n) is 1.39. The summed E-state index contributed by atoms with van der Waals surface area (Å²) in [6.07, 6.45) is 9.46. The summed E-state index contributed by atoms with van der Waals surface area (Å²) < 4.78 is 0.295. The summed E-state index contributed by atoms with van der Waals surface area (Å²) in [6.45, 7) is 0.692. The Morgan fingerprint density at radius 1 is 1.29 bits per heavy atom. The number of rotatable bonds is 2. The highest BCUT2D eigenvalue weighted by molar-refractivity contribution is 6.29. The van der Waals surface area contributed by atoms with E-state index in [1.165, 1.54) is 0 Å². The van der Waals surface area contributed by atoms with E-state index in [4.69, 9.17) is 17.4 Å². The van der Waals surface area contributed by atoms with Crippen molar-refractivity contribution >= 4 is 11.6 Å². The lowest BCUT2D eigenvalue weighted by Gasteiger charge is -2.21. The zero-order valence-electron chi connectivity index (χ0n) is 7.60. The summed E-state index contributed by atoms with van der Waals surface area (Å²) in [5.41, 5.74) is 1.06. The minimum atomic E-state index is 0.295. The highest BCUT2D eigenvalue weighted by Crippen LogP contribution is 2.15. The van der Waals surface area contributed by atoms with Gasteiger partial charge in [-0.15, -0.1) is 0 Å². The molecule has 14 heavy (non-hydrogen) atoms. The van der Waals surface area contributed by atoms with Crippen LogP contribution in [0.3, 0.4) is 0 Å². The van der Waals surface area contributed by atoms with Crippen molar-refractivity contribution in [2.45, 2.75) is 6.54 Å². The van der Waals surface area contributed by atoms with Crippen LogP contribution in [0.2, 0.25) is 5.15 Å². The summed E-state index contributed by atoms with van der Waals surface area (Å²) in [5, 5.41) is 0.504. The van der Waals surface area contributed by atoms with Crippen LogP contribution in [0.4, 0.5) is 0 Å². The van der Waals surface area contributed by atoms with Gasteiger partial charge in [-0.1, -0.05) is 11.6 Å². The Balaban J connectivity index is 2.15. The van der Waals surface area contributed by atoms with E-state index in [9.17, 15) is 0 Å². The largest absolute Gasteiger partial charge is 0.244 e. The molecule has 3 nitrogen and oxygen atoms in total. The van der Waals surface area contributed by atoms with Gasteiger partial charge in [0.1, 0.15) is 24.1 Å². The summed E-state index contributed by atoms with van der Waals surface area (Å²) in [5.74, 6) is 6.03. The molecule has 1 aromatic rings. The number of hydrogen-bond donors (Lipinski definition) is 1. The Hall–Kier alpha value is -1.16. The number of pyridine rings is 1. The molecule has 0 bridgehead atoms. The fourth-order valence-corrected chi connectivity index (χ4v) is 1.50. The van der Waals surface area contributed by atoms with Gasteiger partial charge < -0.3 is 0 Å². The molecule has 0 unspecified atom stereocenters. The third kappa shape index (κ3) is 2.01. The van der Waals surface area contributed by atoms with Gasteiger partial charge in [0.25, 0.3) is 0 Å². The Bertz CT molecular complexity index is 369. The van der Waals surface area contributed by atoms with Gasteiger partial charge in [-0.2, -0.15) is 10.4 Å². The van der Waals surface area contributed by atoms with Gasteiger partial charge in [-0.05, 0) is 24.3 Å². The number of halogens is 1. The van der Waals surface area contributed by atoms with Gasteiger partial charge in [0, 0.05) is 11.8 Å². The molecule has 0 atom stereocenters. The van der Waals surface area contributed by atoms with Crippen molar-refractivity contribution in [3.05, 3.63) is 53.6 Å². The maximum Gasteiger partial charge on any atom is 0.132 e. The number of aromatic nitrogens is 1. The third-order valence-corrected chi connectivity index (χ3v) is 2.31. The smallest absolute Gasteiger partial charge is 0.132 e. The molecule has 0 aromatic carbocycles. The van der Waals surface area contributed by atoms with Crippen LogP contribution in [0.1, 0.15) is 5.56 Å². The van der Waals surface area contributed by atoms with Gasteiger partial charge in [-0.3, -0.25) is 0 Å². The lowest BCUT2D eigenvalue weighted by atomic mass is 10.3. The van der Waals surface area contributed by atoms with E-state index in [2.05, 4.69) is 4.98 Å². The summed E-state index contributed by atoms with van der Waals surface area (Å²) >= 11 is 5.69. The second kappa shape index (κ2) is 3.53. The molecule has 2 N–H and O–H groups in total. The highest BCUT2D eigenvalue weighted by Gasteiger charge is 2.20. The first-order chi connectivity index (χ1) is 6.68. The van der Waals surface area contributed by atoms with E-state index < -0.39 is 0 Å². The van der Waals surface area contributed by atoms with E-state index in [1.807, 2.05) is 30.6 Å². The molecular weight excluding hydrogens is 198 g/mol. The number of nitrogens with two attached hydrogens (primary N) is 1. The second-order valence-corrected chi connectivity index (χ2v) is 3.71. The zero-order chi connectivity index (χ0) is 10.0. The lowest BCUT2D eigenvalue weighted by Crippen LogP contribution is -2.42. The van der Waals surface area contributed by atoms with Crippen molar-refractivity contribution < 1.29 is 4.59 Å². The summed E-state index contributed by atoms with van der Waals surface area (Å²) in [4.78, 5) is 4.00. The monoisotopic (exact) mass is 208 g/mol. The molecule has 1 aliphatic heterocycles. The van der Waals surface area contributed by atoms with Crippen LogP contribution in [0.15, 0.2) is 42.9 Å². The predicted molar refractivity (Wildman–Crippen MR) is 55.7 cm³/mol. The Labute approximate surface area is 87.7 Å². The average Bonchev–Trinajstić information content (AvgIpc) is 2.57. The van der Waals surface area contributed by atoms with E-state index in [1.54, 1.807) is 12.3 Å². The number of hydrogen-bond acceptors (Lipinski definition) is 2. The molecule has 2 rings (SSSR count). The van der Waals surface area contributed by atoms with Gasteiger partial charge >= 0.3 is 0 Å². The normalized spacial score (nSPS) is 17.6. The summed E-state index contributed by atoms with van der Waals surface area (Å²) in [7, 11) is 0. The molecule has 0 saturated heterocycles. The zero-order valence-corrected chi connectivity index (χ0v) is 8.35. The molecule has 72 valence electrons. The highest BCUT2D eigenvalue weighted by atomic mass is 35.5. The molecule has 0 fully saturated rings. The lowest BCUT2D eigenvalue weighted by molar-refractivity contribution is -0.852. The topological polar surface area (TPSA) is 38.9 Å². The summed E-state index contributed by atoms with van der Waals surface area (Å²) in [6, 6.07) is 3.70. The predicted octanol–water partition coefficient (Wildman–Crippen LogP) is 1.97. The molecule has 0 aliphatic carbocycles. The van der Waals surface area contributed by atoms with Crippen molar-refractivity contribution in [2.24, 2.45) is 5.84 Å². The fraction of sp³-hybridized carbons (Fsp3) is 0.100. The SMILES string of the molecule is N[N+]1(Cc2ccc(Cl)nc2)C=CC=C1. The van der Waals surface area contributed by atoms with Crippen molar-refractivity contribution in [3.8, 4) is 0 Å². The third-order valence-electron chi connectivity index (χ3n) is 2.08. The van der Waals surface area contributed by atoms with Crippen LogP contribution in [0.25, 0.3) is 0 Å². The molecule has 0 spiro atoms. The van der Waals surface area contributed by atoms with E-state index in [0.717, 1.165) is 5.56 Å². The van der Waals surface area contributed by atoms with Crippen LogP contribution >= 0.6 is 11.6 Å². The van der Waals surface area contributed by atoms with Crippen LogP contribution in [-0.4, -0.2) is 9.58 Å².